The first-order chi connectivity index (χ1) is 12.0. The van der Waals surface area contributed by atoms with Crippen LogP contribution >= 0.6 is 0 Å². The summed E-state index contributed by atoms with van der Waals surface area (Å²) in [5.41, 5.74) is 6.89. The fourth-order valence-electron chi connectivity index (χ4n) is 0. The van der Waals surface area contributed by atoms with Crippen LogP contribution in [-0.2, 0) is 0 Å². The van der Waals surface area contributed by atoms with Crippen molar-refractivity contribution in [2.24, 2.45) is 15.0 Å². The third-order valence-corrected chi connectivity index (χ3v) is 1.34. The standard InChI is InChI=1S/3C4H9N.3C4H8/c3*1-4(2)5-3;3*1-4(2)3/h3*1-3H3;3*1H2,2-3H3. The summed E-state index contributed by atoms with van der Waals surface area (Å²) < 4.78 is 0. The zero-order valence-electron chi connectivity index (χ0n) is 21.5. The van der Waals surface area contributed by atoms with E-state index < -0.39 is 0 Å². The lowest BCUT2D eigenvalue weighted by atomic mass is 10.4. The molecule has 0 saturated heterocycles. The second kappa shape index (κ2) is 35.4. The van der Waals surface area contributed by atoms with Gasteiger partial charge in [-0.15, -0.1) is 19.7 Å². The smallest absolute Gasteiger partial charge is 0.0276 e. The van der Waals surface area contributed by atoms with E-state index in [9.17, 15) is 0 Å². The molecule has 3 heteroatoms. The zero-order valence-corrected chi connectivity index (χ0v) is 21.5. The molecule has 0 aromatic rings. The quantitative estimate of drug-likeness (QED) is 0.301. The summed E-state index contributed by atoms with van der Waals surface area (Å²) in [6.07, 6.45) is 0. The minimum atomic E-state index is 1.13. The molecule has 0 atom stereocenters. The van der Waals surface area contributed by atoms with Gasteiger partial charge in [-0.25, -0.2) is 0 Å². The van der Waals surface area contributed by atoms with Crippen LogP contribution in [0.1, 0.15) is 83.1 Å². The summed E-state index contributed by atoms with van der Waals surface area (Å²) in [5.74, 6) is 0. The van der Waals surface area contributed by atoms with E-state index in [0.29, 0.717) is 0 Å². The molecule has 0 aliphatic heterocycles. The number of aliphatic imine (C=N–C) groups is 3. The molecule has 0 aromatic carbocycles. The van der Waals surface area contributed by atoms with Gasteiger partial charge in [0, 0.05) is 38.3 Å². The lowest BCUT2D eigenvalue weighted by molar-refractivity contribution is 1.41. The van der Waals surface area contributed by atoms with Gasteiger partial charge >= 0.3 is 0 Å². The monoisotopic (exact) mass is 381 g/mol. The van der Waals surface area contributed by atoms with Crippen LogP contribution in [0.15, 0.2) is 51.4 Å². The molecule has 0 N–H and O–H groups in total. The molecule has 0 bridgehead atoms. The molecule has 0 amide bonds. The maximum Gasteiger partial charge on any atom is 0.0276 e. The Balaban J connectivity index is -0.0000000492. The lowest BCUT2D eigenvalue weighted by Crippen LogP contribution is -1.74. The van der Waals surface area contributed by atoms with E-state index in [4.69, 9.17) is 0 Å². The molecule has 3 nitrogen and oxygen atoms in total. The minimum absolute atomic E-state index is 1.13. The van der Waals surface area contributed by atoms with Crippen LogP contribution in [0.4, 0.5) is 0 Å². The molecule has 27 heavy (non-hydrogen) atoms. The predicted octanol–water partition coefficient (Wildman–Crippen LogP) is 8.04. The summed E-state index contributed by atoms with van der Waals surface area (Å²) in [6.45, 7) is 34.3. The zero-order chi connectivity index (χ0) is 23.6. The molecule has 0 heterocycles. The predicted molar refractivity (Wildman–Crippen MR) is 136 cm³/mol. The van der Waals surface area contributed by atoms with E-state index in [1.807, 2.05) is 83.1 Å². The minimum Gasteiger partial charge on any atom is -0.298 e. The molecule has 0 aromatic heterocycles. The second-order valence-corrected chi connectivity index (χ2v) is 7.13. The fourth-order valence-corrected chi connectivity index (χ4v) is 0. The maximum absolute atomic E-state index is 3.81. The highest BCUT2D eigenvalue weighted by Gasteiger charge is 1.63. The topological polar surface area (TPSA) is 37.1 Å². The first-order valence-electron chi connectivity index (χ1n) is 9.07. The maximum atomic E-state index is 3.81. The van der Waals surface area contributed by atoms with E-state index in [0.717, 1.165) is 17.1 Å². The number of nitrogens with zero attached hydrogens (tertiary/aromatic N) is 3. The van der Waals surface area contributed by atoms with E-state index in [2.05, 4.69) is 34.7 Å². The first kappa shape index (κ1) is 40.1. The molecule has 0 aliphatic carbocycles. The highest BCUT2D eigenvalue weighted by molar-refractivity contribution is 5.79. The summed E-state index contributed by atoms with van der Waals surface area (Å²) in [5, 5.41) is 0. The summed E-state index contributed by atoms with van der Waals surface area (Å²) >= 11 is 0. The Labute approximate surface area is 173 Å². The Morgan fingerprint density at radius 1 is 0.370 bits per heavy atom. The number of rotatable bonds is 0. The van der Waals surface area contributed by atoms with Crippen LogP contribution in [0.3, 0.4) is 0 Å². The molecule has 0 fully saturated rings. The Bertz CT molecular complexity index is 346. The van der Waals surface area contributed by atoms with Crippen LogP contribution < -0.4 is 0 Å². The van der Waals surface area contributed by atoms with Crippen molar-refractivity contribution in [3.8, 4) is 0 Å². The number of hydrogen-bond donors (Lipinski definition) is 0. The van der Waals surface area contributed by atoms with Crippen molar-refractivity contribution in [1.29, 1.82) is 0 Å². The lowest BCUT2D eigenvalue weighted by Gasteiger charge is -1.74. The molecule has 0 spiro atoms. The average molecular weight is 382 g/mol. The molecule has 0 aliphatic rings. The van der Waals surface area contributed by atoms with Gasteiger partial charge in [0.2, 0.25) is 0 Å². The highest BCUT2D eigenvalue weighted by Crippen LogP contribution is 1.74. The second-order valence-electron chi connectivity index (χ2n) is 7.13. The molecule has 0 radical (unpaired) electrons. The van der Waals surface area contributed by atoms with Crippen LogP contribution in [-0.4, -0.2) is 38.3 Å². The molecular weight excluding hydrogens is 330 g/mol. The van der Waals surface area contributed by atoms with Crippen LogP contribution in [0.2, 0.25) is 0 Å². The highest BCUT2D eigenvalue weighted by atomic mass is 14.7. The van der Waals surface area contributed by atoms with Crippen LogP contribution in [0, 0.1) is 0 Å². The van der Waals surface area contributed by atoms with E-state index in [1.54, 1.807) is 21.1 Å². The van der Waals surface area contributed by atoms with Crippen LogP contribution in [0.25, 0.3) is 0 Å². The Hall–Kier alpha value is -1.77. The number of allylic oxidation sites excluding steroid dienone is 3. The van der Waals surface area contributed by atoms with Gasteiger partial charge in [0.05, 0.1) is 0 Å². The van der Waals surface area contributed by atoms with Crippen molar-refractivity contribution in [1.82, 2.24) is 0 Å². The van der Waals surface area contributed by atoms with Gasteiger partial charge in [0.1, 0.15) is 0 Å². The van der Waals surface area contributed by atoms with Gasteiger partial charge in [-0.2, -0.15) is 0 Å². The summed E-state index contributed by atoms with van der Waals surface area (Å²) in [6, 6.07) is 0. The third kappa shape index (κ3) is 669. The van der Waals surface area contributed by atoms with E-state index in [1.165, 1.54) is 16.7 Å². The molecular formula is C24H51N3. The van der Waals surface area contributed by atoms with Crippen molar-refractivity contribution < 1.29 is 0 Å². The molecule has 0 unspecified atom stereocenters. The SMILES string of the molecule is C=C(C)C.C=C(C)C.C=C(C)C.CN=C(C)C.CN=C(C)C.CN=C(C)C. The van der Waals surface area contributed by atoms with Crippen molar-refractivity contribution in [2.45, 2.75) is 83.1 Å². The van der Waals surface area contributed by atoms with Gasteiger partial charge in [0.25, 0.3) is 0 Å². The first-order valence-corrected chi connectivity index (χ1v) is 9.07. The summed E-state index contributed by atoms with van der Waals surface area (Å²) in [7, 11) is 5.36. The van der Waals surface area contributed by atoms with Gasteiger partial charge in [-0.1, -0.05) is 16.7 Å². The molecule has 162 valence electrons. The van der Waals surface area contributed by atoms with Crippen molar-refractivity contribution in [3.63, 3.8) is 0 Å². The average Bonchev–Trinajstić information content (AvgIpc) is 2.46. The van der Waals surface area contributed by atoms with Crippen molar-refractivity contribution in [3.05, 3.63) is 36.5 Å². The van der Waals surface area contributed by atoms with E-state index >= 15 is 0 Å². The van der Waals surface area contributed by atoms with Gasteiger partial charge < -0.3 is 0 Å². The fraction of sp³-hybridized carbons (Fsp3) is 0.625. The number of hydrogen-bond acceptors (Lipinski definition) is 3. The van der Waals surface area contributed by atoms with E-state index in [-0.39, 0.29) is 0 Å². The largest absolute Gasteiger partial charge is 0.298 e. The van der Waals surface area contributed by atoms with Gasteiger partial charge in [0.15, 0.2) is 0 Å². The Kier molecular flexibility index (Phi) is 52.5. The van der Waals surface area contributed by atoms with Gasteiger partial charge in [-0.05, 0) is 83.1 Å². The van der Waals surface area contributed by atoms with Crippen molar-refractivity contribution in [2.75, 3.05) is 21.1 Å². The molecule has 0 rings (SSSR count). The normalized spacial score (nSPS) is 6.78. The molecule has 0 saturated carbocycles. The summed E-state index contributed by atoms with van der Waals surface area (Å²) in [4.78, 5) is 11.4. The third-order valence-electron chi connectivity index (χ3n) is 1.34. The van der Waals surface area contributed by atoms with Gasteiger partial charge in [-0.3, -0.25) is 15.0 Å². The van der Waals surface area contributed by atoms with Crippen LogP contribution in [0.5, 0.6) is 0 Å². The Morgan fingerprint density at radius 3 is 0.407 bits per heavy atom. The van der Waals surface area contributed by atoms with Crippen molar-refractivity contribution >= 4 is 17.1 Å². The Morgan fingerprint density at radius 2 is 0.407 bits per heavy atom.